The molecule has 0 saturated carbocycles. The van der Waals surface area contributed by atoms with Crippen molar-refractivity contribution >= 4 is 11.9 Å². The van der Waals surface area contributed by atoms with Gasteiger partial charge in [-0.15, -0.1) is 0 Å². The molecule has 0 aliphatic rings. The number of carbonyl (C=O) groups excluding carboxylic acids is 2. The van der Waals surface area contributed by atoms with Gasteiger partial charge >= 0.3 is 5.97 Å². The number of rotatable bonds is 7. The van der Waals surface area contributed by atoms with Gasteiger partial charge in [-0.05, 0) is 54.4 Å². The van der Waals surface area contributed by atoms with Crippen molar-refractivity contribution < 1.29 is 23.5 Å². The lowest BCUT2D eigenvalue weighted by atomic mass is 10.1. The Balaban J connectivity index is 1.64. The van der Waals surface area contributed by atoms with E-state index in [2.05, 4.69) is 5.32 Å². The van der Waals surface area contributed by atoms with Crippen LogP contribution in [0.15, 0.2) is 65.3 Å². The second-order valence-electron chi connectivity index (χ2n) is 6.22. The van der Waals surface area contributed by atoms with Crippen LogP contribution < -0.4 is 10.1 Å². The summed E-state index contributed by atoms with van der Waals surface area (Å²) < 4.78 is 15.8. The van der Waals surface area contributed by atoms with Crippen molar-refractivity contribution in [1.29, 1.82) is 0 Å². The first-order chi connectivity index (χ1) is 13.6. The zero-order valence-electron chi connectivity index (χ0n) is 15.7. The molecular weight excluding hydrogens is 358 g/mol. The summed E-state index contributed by atoms with van der Waals surface area (Å²) in [5.74, 6) is 0.673. The summed E-state index contributed by atoms with van der Waals surface area (Å²) in [4.78, 5) is 24.0. The van der Waals surface area contributed by atoms with Crippen LogP contribution in [0.3, 0.4) is 0 Å². The Morgan fingerprint density at radius 2 is 1.89 bits per heavy atom. The lowest BCUT2D eigenvalue weighted by Crippen LogP contribution is -2.22. The quantitative estimate of drug-likeness (QED) is 0.630. The first-order valence-electron chi connectivity index (χ1n) is 8.78. The van der Waals surface area contributed by atoms with Crippen LogP contribution in [0.25, 0.3) is 0 Å². The topological polar surface area (TPSA) is 77.8 Å². The van der Waals surface area contributed by atoms with Gasteiger partial charge in [-0.1, -0.05) is 18.2 Å². The van der Waals surface area contributed by atoms with E-state index in [4.69, 9.17) is 13.9 Å². The summed E-state index contributed by atoms with van der Waals surface area (Å²) in [5.41, 5.74) is 2.70. The molecule has 1 amide bonds. The van der Waals surface area contributed by atoms with Crippen molar-refractivity contribution in [2.24, 2.45) is 0 Å². The number of esters is 1. The minimum atomic E-state index is -0.417. The molecule has 3 rings (SSSR count). The van der Waals surface area contributed by atoms with Crippen molar-refractivity contribution in [2.75, 3.05) is 7.11 Å². The summed E-state index contributed by atoms with van der Waals surface area (Å²) in [6.45, 7) is 2.49. The Hall–Kier alpha value is -3.54. The van der Waals surface area contributed by atoms with Gasteiger partial charge in [0, 0.05) is 5.56 Å². The number of hydrogen-bond acceptors (Lipinski definition) is 5. The molecule has 6 heteroatoms. The molecule has 0 bridgehead atoms. The van der Waals surface area contributed by atoms with E-state index in [0.717, 1.165) is 11.1 Å². The molecular formula is C22H21NO5. The number of ether oxygens (including phenoxy) is 2. The van der Waals surface area contributed by atoms with E-state index in [1.165, 1.54) is 7.11 Å². The molecule has 3 aromatic rings. The second-order valence-corrected chi connectivity index (χ2v) is 6.22. The van der Waals surface area contributed by atoms with Gasteiger partial charge in [-0.2, -0.15) is 0 Å². The van der Waals surface area contributed by atoms with Gasteiger partial charge in [0.05, 0.1) is 25.5 Å². The minimum Gasteiger partial charge on any atom is -0.489 e. The zero-order chi connectivity index (χ0) is 19.9. The van der Waals surface area contributed by atoms with E-state index < -0.39 is 5.97 Å². The molecule has 0 unspecified atom stereocenters. The van der Waals surface area contributed by atoms with E-state index in [0.29, 0.717) is 29.2 Å². The summed E-state index contributed by atoms with van der Waals surface area (Å²) in [6.07, 6.45) is 1.57. The average Bonchev–Trinajstić information content (AvgIpc) is 3.24. The molecule has 144 valence electrons. The van der Waals surface area contributed by atoms with Crippen LogP contribution in [0.1, 0.15) is 37.6 Å². The highest BCUT2D eigenvalue weighted by Crippen LogP contribution is 2.21. The molecule has 0 spiro atoms. The maximum absolute atomic E-state index is 12.3. The number of aryl methyl sites for hydroxylation is 1. The van der Waals surface area contributed by atoms with Crippen molar-refractivity contribution in [3.05, 3.63) is 88.9 Å². The number of nitrogens with one attached hydrogen (secondary N) is 1. The number of amides is 1. The molecule has 1 N–H and O–H groups in total. The minimum absolute atomic E-state index is 0.192. The standard InChI is InChI=1S/C22H21NO5/c1-15-8-9-18(22(25)26-2)12-20(15)28-14-16-5-3-6-17(11-16)21(24)23-13-19-7-4-10-27-19/h3-12H,13-14H2,1-2H3,(H,23,24). The summed E-state index contributed by atoms with van der Waals surface area (Å²) in [6, 6.07) is 15.9. The van der Waals surface area contributed by atoms with Gasteiger partial charge in [0.25, 0.3) is 5.91 Å². The number of carbonyl (C=O) groups is 2. The fraction of sp³-hybridized carbons (Fsp3) is 0.182. The first-order valence-corrected chi connectivity index (χ1v) is 8.78. The normalized spacial score (nSPS) is 10.4. The molecule has 1 aromatic heterocycles. The third-order valence-electron chi connectivity index (χ3n) is 4.20. The number of furan rings is 1. The molecule has 0 radical (unpaired) electrons. The fourth-order valence-corrected chi connectivity index (χ4v) is 2.65. The van der Waals surface area contributed by atoms with Crippen molar-refractivity contribution in [3.8, 4) is 5.75 Å². The van der Waals surface area contributed by atoms with Crippen LogP contribution in [0.4, 0.5) is 0 Å². The van der Waals surface area contributed by atoms with Gasteiger partial charge in [-0.25, -0.2) is 4.79 Å². The highest BCUT2D eigenvalue weighted by Gasteiger charge is 2.10. The molecule has 0 atom stereocenters. The monoisotopic (exact) mass is 379 g/mol. The van der Waals surface area contributed by atoms with Crippen LogP contribution in [0, 0.1) is 6.92 Å². The van der Waals surface area contributed by atoms with E-state index in [1.807, 2.05) is 13.0 Å². The van der Waals surface area contributed by atoms with Gasteiger partial charge in [0.15, 0.2) is 0 Å². The van der Waals surface area contributed by atoms with E-state index in [9.17, 15) is 9.59 Å². The summed E-state index contributed by atoms with van der Waals surface area (Å²) in [7, 11) is 1.34. The maximum atomic E-state index is 12.3. The Morgan fingerprint density at radius 1 is 1.04 bits per heavy atom. The summed E-state index contributed by atoms with van der Waals surface area (Å²) >= 11 is 0. The molecule has 0 aliphatic carbocycles. The highest BCUT2D eigenvalue weighted by atomic mass is 16.5. The lowest BCUT2D eigenvalue weighted by Gasteiger charge is -2.11. The van der Waals surface area contributed by atoms with Crippen molar-refractivity contribution in [1.82, 2.24) is 5.32 Å². The van der Waals surface area contributed by atoms with Crippen LogP contribution in [0.2, 0.25) is 0 Å². The Labute approximate surface area is 163 Å². The van der Waals surface area contributed by atoms with Crippen molar-refractivity contribution in [2.45, 2.75) is 20.1 Å². The molecule has 0 aliphatic heterocycles. The molecule has 2 aromatic carbocycles. The molecule has 28 heavy (non-hydrogen) atoms. The van der Waals surface area contributed by atoms with Crippen LogP contribution in [-0.4, -0.2) is 19.0 Å². The number of methoxy groups -OCH3 is 1. The Morgan fingerprint density at radius 3 is 2.64 bits per heavy atom. The predicted octanol–water partition coefficient (Wildman–Crippen LogP) is 3.88. The largest absolute Gasteiger partial charge is 0.489 e. The third kappa shape index (κ3) is 4.79. The fourth-order valence-electron chi connectivity index (χ4n) is 2.65. The van der Waals surface area contributed by atoms with Crippen LogP contribution in [0.5, 0.6) is 5.75 Å². The smallest absolute Gasteiger partial charge is 0.337 e. The van der Waals surface area contributed by atoms with Crippen LogP contribution in [-0.2, 0) is 17.9 Å². The molecule has 1 heterocycles. The van der Waals surface area contributed by atoms with E-state index in [-0.39, 0.29) is 12.5 Å². The second kappa shape index (κ2) is 8.90. The molecule has 0 saturated heterocycles. The zero-order valence-corrected chi connectivity index (χ0v) is 15.7. The molecule has 6 nitrogen and oxygen atoms in total. The predicted molar refractivity (Wildman–Crippen MR) is 103 cm³/mol. The Bertz CT molecular complexity index is 963. The van der Waals surface area contributed by atoms with E-state index >= 15 is 0 Å². The number of hydrogen-bond donors (Lipinski definition) is 1. The summed E-state index contributed by atoms with van der Waals surface area (Å²) in [5, 5.41) is 2.81. The lowest BCUT2D eigenvalue weighted by molar-refractivity contribution is 0.0600. The maximum Gasteiger partial charge on any atom is 0.337 e. The SMILES string of the molecule is COC(=O)c1ccc(C)c(OCc2cccc(C(=O)NCc3ccco3)c2)c1. The first kappa shape index (κ1) is 19.2. The van der Waals surface area contributed by atoms with Gasteiger partial charge in [0.2, 0.25) is 0 Å². The van der Waals surface area contributed by atoms with Gasteiger partial charge < -0.3 is 19.2 Å². The van der Waals surface area contributed by atoms with Gasteiger partial charge in [-0.3, -0.25) is 4.79 Å². The van der Waals surface area contributed by atoms with Crippen LogP contribution >= 0.6 is 0 Å². The third-order valence-corrected chi connectivity index (χ3v) is 4.20. The van der Waals surface area contributed by atoms with E-state index in [1.54, 1.807) is 54.8 Å². The highest BCUT2D eigenvalue weighted by molar-refractivity contribution is 5.94. The average molecular weight is 379 g/mol. The van der Waals surface area contributed by atoms with Crippen molar-refractivity contribution in [3.63, 3.8) is 0 Å². The Kier molecular flexibility index (Phi) is 6.11. The molecule has 0 fully saturated rings. The van der Waals surface area contributed by atoms with Gasteiger partial charge in [0.1, 0.15) is 18.1 Å². The number of benzene rings is 2.